The first-order valence-corrected chi connectivity index (χ1v) is 13.6. The molecule has 0 N–H and O–H groups in total. The molecule has 0 saturated heterocycles. The Labute approximate surface area is 214 Å². The van der Waals surface area contributed by atoms with E-state index in [4.69, 9.17) is 0 Å². The van der Waals surface area contributed by atoms with Crippen LogP contribution in [0.1, 0.15) is 113 Å². The molecule has 2 aromatic rings. The van der Waals surface area contributed by atoms with Gasteiger partial charge in [-0.2, -0.15) is 0 Å². The van der Waals surface area contributed by atoms with Gasteiger partial charge < -0.3 is 0 Å². The number of fused-ring (bicyclic) bond motifs is 3. The SMILES string of the molecule is C=Cc1cccc2c3c(c(=C)c(=C)c12)C(/C=C\C)=CCC=C3.CC.CC.CC.CC.CC.CC. The molecule has 0 fully saturated rings. The molecule has 0 spiro atoms. The summed E-state index contributed by atoms with van der Waals surface area (Å²) in [5, 5.41) is 4.38. The van der Waals surface area contributed by atoms with Gasteiger partial charge in [-0.3, -0.25) is 0 Å². The van der Waals surface area contributed by atoms with Crippen LogP contribution >= 0.6 is 0 Å². The van der Waals surface area contributed by atoms with E-state index in [9.17, 15) is 0 Å². The Balaban J connectivity index is -0.000000328. The largest absolute Gasteiger partial charge is 0.0984 e. The highest BCUT2D eigenvalue weighted by molar-refractivity contribution is 6.01. The summed E-state index contributed by atoms with van der Waals surface area (Å²) >= 11 is 0. The smallest absolute Gasteiger partial charge is 0.00328 e. The van der Waals surface area contributed by atoms with Crippen LogP contribution in [-0.2, 0) is 0 Å². The van der Waals surface area contributed by atoms with Crippen molar-refractivity contribution in [2.75, 3.05) is 0 Å². The van der Waals surface area contributed by atoms with E-state index in [0.29, 0.717) is 0 Å². The molecule has 0 aliphatic heterocycles. The zero-order valence-corrected chi connectivity index (χ0v) is 25.0. The summed E-state index contributed by atoms with van der Waals surface area (Å²) in [5.74, 6) is 0. The fraction of sp³-hybridized carbons (Fsp3) is 0.412. The Morgan fingerprint density at radius 1 is 0.765 bits per heavy atom. The van der Waals surface area contributed by atoms with Gasteiger partial charge in [-0.15, -0.1) is 0 Å². The Morgan fingerprint density at radius 2 is 1.29 bits per heavy atom. The number of hydrogen-bond acceptors (Lipinski definition) is 0. The maximum Gasteiger partial charge on any atom is -0.00328 e. The van der Waals surface area contributed by atoms with Gasteiger partial charge in [-0.05, 0) is 56.8 Å². The minimum atomic E-state index is 0.933. The summed E-state index contributed by atoms with van der Waals surface area (Å²) in [4.78, 5) is 0. The van der Waals surface area contributed by atoms with E-state index in [1.54, 1.807) is 0 Å². The van der Waals surface area contributed by atoms with Crippen LogP contribution in [0.4, 0.5) is 0 Å². The van der Waals surface area contributed by atoms with Crippen LogP contribution in [-0.4, -0.2) is 0 Å². The third-order valence-corrected chi connectivity index (χ3v) is 4.24. The van der Waals surface area contributed by atoms with E-state index in [0.717, 1.165) is 27.8 Å². The van der Waals surface area contributed by atoms with Crippen LogP contribution in [0.15, 0.2) is 49.1 Å². The van der Waals surface area contributed by atoms with Gasteiger partial charge in [-0.25, -0.2) is 0 Å². The fourth-order valence-corrected chi connectivity index (χ4v) is 3.22. The Bertz CT molecular complexity index is 950. The van der Waals surface area contributed by atoms with Crippen molar-refractivity contribution < 1.29 is 0 Å². The zero-order chi connectivity index (χ0) is 27.7. The predicted octanol–water partition coefficient (Wildman–Crippen LogP) is 10.8. The van der Waals surface area contributed by atoms with Gasteiger partial charge in [-0.1, -0.05) is 157 Å². The Morgan fingerprint density at radius 3 is 1.76 bits per heavy atom. The molecule has 0 bridgehead atoms. The van der Waals surface area contributed by atoms with Crippen molar-refractivity contribution in [3.05, 3.63) is 76.2 Å². The van der Waals surface area contributed by atoms with Gasteiger partial charge in [0.2, 0.25) is 0 Å². The Kier molecular flexibility index (Phi) is 30.3. The van der Waals surface area contributed by atoms with Crippen molar-refractivity contribution in [2.45, 2.75) is 96.4 Å². The van der Waals surface area contributed by atoms with Crippen molar-refractivity contribution in [3.8, 4) is 0 Å². The normalized spacial score (nSPS) is 10.1. The monoisotopic (exact) mass is 464 g/mol. The highest BCUT2D eigenvalue weighted by Crippen LogP contribution is 2.29. The molecule has 0 amide bonds. The van der Waals surface area contributed by atoms with Crippen LogP contribution in [0.25, 0.3) is 41.7 Å². The van der Waals surface area contributed by atoms with Crippen molar-refractivity contribution >= 4 is 41.7 Å². The van der Waals surface area contributed by atoms with Crippen molar-refractivity contribution in [2.24, 2.45) is 0 Å². The summed E-state index contributed by atoms with van der Waals surface area (Å²) in [6.07, 6.45) is 13.7. The van der Waals surface area contributed by atoms with Crippen molar-refractivity contribution in [1.29, 1.82) is 0 Å². The van der Waals surface area contributed by atoms with Crippen LogP contribution in [0.3, 0.4) is 0 Å². The lowest BCUT2D eigenvalue weighted by Gasteiger charge is -2.14. The molecule has 1 aliphatic carbocycles. The number of allylic oxidation sites excluding steroid dienone is 5. The second-order valence-electron chi connectivity index (χ2n) is 5.52. The van der Waals surface area contributed by atoms with Crippen LogP contribution in [0, 0.1) is 0 Å². The summed E-state index contributed by atoms with van der Waals surface area (Å²) < 4.78 is 0. The minimum absolute atomic E-state index is 0.933. The molecule has 0 radical (unpaired) electrons. The number of rotatable bonds is 2. The molecule has 0 unspecified atom stereocenters. The van der Waals surface area contributed by atoms with Gasteiger partial charge in [0.05, 0.1) is 0 Å². The predicted molar refractivity (Wildman–Crippen MR) is 169 cm³/mol. The molecule has 0 heteroatoms. The fourth-order valence-electron chi connectivity index (χ4n) is 3.22. The third-order valence-electron chi connectivity index (χ3n) is 4.24. The van der Waals surface area contributed by atoms with E-state index >= 15 is 0 Å². The highest BCUT2D eigenvalue weighted by atomic mass is 14.2. The number of hydrogen-bond donors (Lipinski definition) is 0. The average Bonchev–Trinajstić information content (AvgIpc) is 3.16. The third kappa shape index (κ3) is 10.6. The molecule has 2 aromatic carbocycles. The van der Waals surface area contributed by atoms with E-state index < -0.39 is 0 Å². The molecule has 3 rings (SSSR count). The van der Waals surface area contributed by atoms with Gasteiger partial charge in [0, 0.05) is 0 Å². The molecule has 0 aromatic heterocycles. The highest BCUT2D eigenvalue weighted by Gasteiger charge is 2.14. The quantitative estimate of drug-likeness (QED) is 0.414. The molecule has 192 valence electrons. The van der Waals surface area contributed by atoms with Gasteiger partial charge in [0.25, 0.3) is 0 Å². The molecule has 1 aliphatic rings. The van der Waals surface area contributed by atoms with Crippen LogP contribution in [0.5, 0.6) is 0 Å². The summed E-state index contributed by atoms with van der Waals surface area (Å²) in [6, 6.07) is 6.33. The molecule has 34 heavy (non-hydrogen) atoms. The minimum Gasteiger partial charge on any atom is -0.0984 e. The second-order valence-corrected chi connectivity index (χ2v) is 5.52. The molecule has 0 heterocycles. The molecular weight excluding hydrogens is 408 g/mol. The van der Waals surface area contributed by atoms with Crippen molar-refractivity contribution in [1.82, 2.24) is 0 Å². The van der Waals surface area contributed by atoms with Crippen molar-refractivity contribution in [3.63, 3.8) is 0 Å². The summed E-state index contributed by atoms with van der Waals surface area (Å²) in [6.45, 7) is 38.6. The molecule has 0 nitrogen and oxygen atoms in total. The topological polar surface area (TPSA) is 0 Å². The van der Waals surface area contributed by atoms with E-state index in [1.165, 1.54) is 22.1 Å². The summed E-state index contributed by atoms with van der Waals surface area (Å²) in [7, 11) is 0. The zero-order valence-electron chi connectivity index (χ0n) is 25.0. The molecular formula is C34H56. The second kappa shape index (κ2) is 26.7. The standard InChI is InChI=1S/C22H20.6C2H6/c1-5-10-18-11-7-8-13-19-20-14-9-12-17(6-2)21(20)15(3)16(4)22(18)19;6*1-2/h5-6,8-14H,2-4,7H2,1H3;6*1-2H3/b10-5-;;;;;;. The first kappa shape index (κ1) is 38.7. The molecule has 0 saturated carbocycles. The Hall–Kier alpha value is -2.60. The lowest BCUT2D eigenvalue weighted by molar-refractivity contribution is 1.42. The first-order chi connectivity index (χ1) is 16.7. The average molecular weight is 465 g/mol. The van der Waals surface area contributed by atoms with Gasteiger partial charge >= 0.3 is 0 Å². The van der Waals surface area contributed by atoms with E-state index in [-0.39, 0.29) is 0 Å². The first-order valence-electron chi connectivity index (χ1n) is 13.6. The van der Waals surface area contributed by atoms with Crippen LogP contribution < -0.4 is 10.4 Å². The lowest BCUT2D eigenvalue weighted by atomic mass is 9.89. The lowest BCUT2D eigenvalue weighted by Crippen LogP contribution is -2.28. The number of benzene rings is 2. The maximum atomic E-state index is 4.33. The van der Waals surface area contributed by atoms with E-state index in [2.05, 4.69) is 68.3 Å². The van der Waals surface area contributed by atoms with Gasteiger partial charge in [0.1, 0.15) is 0 Å². The van der Waals surface area contributed by atoms with Crippen LogP contribution in [0.2, 0.25) is 0 Å². The summed E-state index contributed by atoms with van der Waals surface area (Å²) in [5.41, 5.74) is 4.77. The van der Waals surface area contributed by atoms with Gasteiger partial charge in [0.15, 0.2) is 0 Å². The maximum absolute atomic E-state index is 4.33. The molecule has 0 atom stereocenters. The van der Waals surface area contributed by atoms with E-state index in [1.807, 2.05) is 96.1 Å².